The van der Waals surface area contributed by atoms with Crippen molar-refractivity contribution >= 4 is 40.5 Å². The van der Waals surface area contributed by atoms with E-state index in [1.54, 1.807) is 36.4 Å². The Labute approximate surface area is 137 Å². The molecule has 0 spiro atoms. The Morgan fingerprint density at radius 2 is 1.77 bits per heavy atom. The highest BCUT2D eigenvalue weighted by atomic mass is 35.5. The first kappa shape index (κ1) is 14.8. The minimum absolute atomic E-state index is 0.104. The van der Waals surface area contributed by atoms with Crippen LogP contribution < -0.4 is 20.1 Å². The summed E-state index contributed by atoms with van der Waals surface area (Å²) in [6.07, 6.45) is 0. The number of amides is 1. The van der Waals surface area contributed by atoms with Gasteiger partial charge in [-0.1, -0.05) is 23.2 Å². The molecule has 0 aromatic heterocycles. The molecule has 0 atom stereocenters. The van der Waals surface area contributed by atoms with E-state index in [1.807, 2.05) is 0 Å². The summed E-state index contributed by atoms with van der Waals surface area (Å²) in [5.41, 5.74) is 1.36. The number of ether oxygens (including phenoxy) is 2. The topological polar surface area (TPSA) is 59.6 Å². The summed E-state index contributed by atoms with van der Waals surface area (Å²) in [5.74, 6) is 1.10. The molecule has 0 saturated carbocycles. The molecule has 5 nitrogen and oxygen atoms in total. The molecule has 0 saturated heterocycles. The second kappa shape index (κ2) is 6.34. The van der Waals surface area contributed by atoms with Gasteiger partial charge in [0.2, 0.25) is 12.7 Å². The molecule has 0 aliphatic carbocycles. The Morgan fingerprint density at radius 3 is 2.59 bits per heavy atom. The van der Waals surface area contributed by atoms with Gasteiger partial charge in [-0.2, -0.15) is 0 Å². The summed E-state index contributed by atoms with van der Waals surface area (Å²) in [5, 5.41) is 6.65. The van der Waals surface area contributed by atoms with Gasteiger partial charge in [-0.05, 0) is 30.3 Å². The van der Waals surface area contributed by atoms with Crippen molar-refractivity contribution in [1.29, 1.82) is 0 Å². The van der Waals surface area contributed by atoms with Crippen molar-refractivity contribution in [2.75, 3.05) is 24.0 Å². The molecule has 1 aliphatic heterocycles. The van der Waals surface area contributed by atoms with E-state index in [2.05, 4.69) is 10.6 Å². The zero-order valence-corrected chi connectivity index (χ0v) is 12.9. The van der Waals surface area contributed by atoms with E-state index in [0.29, 0.717) is 27.2 Å². The number of nitrogens with one attached hydrogen (secondary N) is 2. The Hall–Kier alpha value is -2.11. The fourth-order valence-electron chi connectivity index (χ4n) is 1.97. The van der Waals surface area contributed by atoms with Crippen molar-refractivity contribution in [1.82, 2.24) is 0 Å². The van der Waals surface area contributed by atoms with Gasteiger partial charge in [0.1, 0.15) is 0 Å². The smallest absolute Gasteiger partial charge is 0.243 e. The second-order valence-electron chi connectivity index (χ2n) is 4.60. The van der Waals surface area contributed by atoms with Gasteiger partial charge in [0.25, 0.3) is 0 Å². The van der Waals surface area contributed by atoms with E-state index >= 15 is 0 Å². The number of hydrogen-bond donors (Lipinski definition) is 2. The van der Waals surface area contributed by atoms with Crippen LogP contribution in [0.15, 0.2) is 36.4 Å². The molecule has 0 bridgehead atoms. The van der Waals surface area contributed by atoms with E-state index in [9.17, 15) is 4.79 Å². The fourth-order valence-corrected chi connectivity index (χ4v) is 2.27. The van der Waals surface area contributed by atoms with Crippen LogP contribution in [-0.4, -0.2) is 19.2 Å². The lowest BCUT2D eigenvalue weighted by Crippen LogP contribution is -2.21. The average molecular weight is 339 g/mol. The molecular formula is C15H12Cl2N2O3. The summed E-state index contributed by atoms with van der Waals surface area (Å²) in [6.45, 7) is 0.304. The van der Waals surface area contributed by atoms with Crippen LogP contribution in [-0.2, 0) is 4.79 Å². The predicted molar refractivity (Wildman–Crippen MR) is 86.1 cm³/mol. The van der Waals surface area contributed by atoms with Gasteiger partial charge in [-0.15, -0.1) is 0 Å². The van der Waals surface area contributed by atoms with Gasteiger partial charge in [-0.25, -0.2) is 0 Å². The lowest BCUT2D eigenvalue weighted by molar-refractivity contribution is -0.114. The minimum Gasteiger partial charge on any atom is -0.454 e. The van der Waals surface area contributed by atoms with Gasteiger partial charge < -0.3 is 20.1 Å². The number of carbonyl (C=O) groups is 1. The molecule has 2 aromatic carbocycles. The zero-order chi connectivity index (χ0) is 15.5. The lowest BCUT2D eigenvalue weighted by Gasteiger charge is -2.09. The van der Waals surface area contributed by atoms with Crippen molar-refractivity contribution in [2.24, 2.45) is 0 Å². The van der Waals surface area contributed by atoms with Gasteiger partial charge in [0, 0.05) is 17.4 Å². The molecule has 1 amide bonds. The molecule has 3 rings (SSSR count). The van der Waals surface area contributed by atoms with Crippen molar-refractivity contribution in [3.8, 4) is 11.5 Å². The molecule has 114 valence electrons. The standard InChI is InChI=1S/C15H12Cl2N2O3/c16-11-3-1-9(5-12(11)17)18-7-15(20)19-10-2-4-13-14(6-10)22-8-21-13/h1-6,18H,7-8H2,(H,19,20). The largest absolute Gasteiger partial charge is 0.454 e. The predicted octanol–water partition coefficient (Wildman–Crippen LogP) is 3.77. The summed E-state index contributed by atoms with van der Waals surface area (Å²) in [4.78, 5) is 11.9. The minimum atomic E-state index is -0.190. The quantitative estimate of drug-likeness (QED) is 0.890. The third-order valence-corrected chi connectivity index (χ3v) is 3.77. The van der Waals surface area contributed by atoms with Gasteiger partial charge in [-0.3, -0.25) is 4.79 Å². The van der Waals surface area contributed by atoms with Crippen molar-refractivity contribution < 1.29 is 14.3 Å². The van der Waals surface area contributed by atoms with E-state index in [-0.39, 0.29) is 19.2 Å². The Bertz CT molecular complexity index is 722. The highest BCUT2D eigenvalue weighted by molar-refractivity contribution is 6.42. The highest BCUT2D eigenvalue weighted by Gasteiger charge is 2.14. The third kappa shape index (κ3) is 3.37. The average Bonchev–Trinajstić information content (AvgIpc) is 2.96. The summed E-state index contributed by atoms with van der Waals surface area (Å²) in [6, 6.07) is 10.3. The molecule has 2 N–H and O–H groups in total. The van der Waals surface area contributed by atoms with E-state index in [1.165, 1.54) is 0 Å². The van der Waals surface area contributed by atoms with Crippen molar-refractivity contribution in [3.05, 3.63) is 46.4 Å². The molecule has 7 heteroatoms. The molecule has 2 aromatic rings. The van der Waals surface area contributed by atoms with E-state index in [0.717, 1.165) is 5.69 Å². The summed E-state index contributed by atoms with van der Waals surface area (Å²) in [7, 11) is 0. The monoisotopic (exact) mass is 338 g/mol. The molecular weight excluding hydrogens is 327 g/mol. The van der Waals surface area contributed by atoms with Gasteiger partial charge >= 0.3 is 0 Å². The van der Waals surface area contributed by atoms with Gasteiger partial charge in [0.15, 0.2) is 11.5 Å². The maximum absolute atomic E-state index is 11.9. The second-order valence-corrected chi connectivity index (χ2v) is 5.41. The highest BCUT2D eigenvalue weighted by Crippen LogP contribution is 2.34. The third-order valence-electron chi connectivity index (χ3n) is 3.03. The maximum atomic E-state index is 11.9. The van der Waals surface area contributed by atoms with Crippen LogP contribution in [0.1, 0.15) is 0 Å². The Morgan fingerprint density at radius 1 is 1.00 bits per heavy atom. The molecule has 1 heterocycles. The Balaban J connectivity index is 1.57. The van der Waals surface area contributed by atoms with Crippen LogP contribution in [0.3, 0.4) is 0 Å². The number of fused-ring (bicyclic) bond motifs is 1. The first-order valence-electron chi connectivity index (χ1n) is 6.50. The van der Waals surface area contributed by atoms with Crippen molar-refractivity contribution in [2.45, 2.75) is 0 Å². The number of carbonyl (C=O) groups excluding carboxylic acids is 1. The van der Waals surface area contributed by atoms with Crippen LogP contribution in [0.2, 0.25) is 10.0 Å². The van der Waals surface area contributed by atoms with Crippen LogP contribution in [0.25, 0.3) is 0 Å². The van der Waals surface area contributed by atoms with Crippen LogP contribution in [0.4, 0.5) is 11.4 Å². The van der Waals surface area contributed by atoms with E-state index in [4.69, 9.17) is 32.7 Å². The van der Waals surface area contributed by atoms with Crippen LogP contribution in [0, 0.1) is 0 Å². The first-order valence-corrected chi connectivity index (χ1v) is 7.26. The molecule has 1 aliphatic rings. The lowest BCUT2D eigenvalue weighted by atomic mass is 10.2. The molecule has 0 radical (unpaired) electrons. The summed E-state index contributed by atoms with van der Waals surface area (Å²) >= 11 is 11.8. The van der Waals surface area contributed by atoms with Crippen LogP contribution >= 0.6 is 23.2 Å². The molecule has 22 heavy (non-hydrogen) atoms. The maximum Gasteiger partial charge on any atom is 0.243 e. The number of halogens is 2. The number of rotatable bonds is 4. The number of anilines is 2. The van der Waals surface area contributed by atoms with Crippen molar-refractivity contribution in [3.63, 3.8) is 0 Å². The number of benzene rings is 2. The molecule has 0 unspecified atom stereocenters. The first-order chi connectivity index (χ1) is 10.6. The normalized spacial score (nSPS) is 12.1. The van der Waals surface area contributed by atoms with Crippen LogP contribution in [0.5, 0.6) is 11.5 Å². The molecule has 0 fully saturated rings. The fraction of sp³-hybridized carbons (Fsp3) is 0.133. The Kier molecular flexibility index (Phi) is 4.27. The van der Waals surface area contributed by atoms with Gasteiger partial charge in [0.05, 0.1) is 16.6 Å². The zero-order valence-electron chi connectivity index (χ0n) is 11.4. The van der Waals surface area contributed by atoms with E-state index < -0.39 is 0 Å². The SMILES string of the molecule is O=C(CNc1ccc(Cl)c(Cl)c1)Nc1ccc2c(c1)OCO2. The number of hydrogen-bond acceptors (Lipinski definition) is 4. The summed E-state index contributed by atoms with van der Waals surface area (Å²) < 4.78 is 10.5.